The fraction of sp³-hybridized carbons (Fsp3) is 0.353. The van der Waals surface area contributed by atoms with E-state index in [4.69, 9.17) is 9.47 Å². The molecular weight excluding hydrogens is 294 g/mol. The van der Waals surface area contributed by atoms with E-state index in [0.29, 0.717) is 17.1 Å². The Morgan fingerprint density at radius 1 is 1.17 bits per heavy atom. The average Bonchev–Trinajstić information content (AvgIpc) is 2.46. The van der Waals surface area contributed by atoms with Crippen LogP contribution in [-0.4, -0.2) is 28.8 Å². The van der Waals surface area contributed by atoms with Crippen molar-refractivity contribution in [2.75, 3.05) is 12.4 Å². The van der Waals surface area contributed by atoms with Crippen LogP contribution in [0.25, 0.3) is 11.3 Å². The van der Waals surface area contributed by atoms with E-state index in [1.165, 1.54) is 0 Å². The van der Waals surface area contributed by atoms with Crippen LogP contribution in [0.1, 0.15) is 26.5 Å². The molecule has 0 aliphatic heterocycles. The molecule has 0 aliphatic rings. The van der Waals surface area contributed by atoms with Crippen LogP contribution in [0.15, 0.2) is 30.6 Å². The highest BCUT2D eigenvalue weighted by atomic mass is 16.6. The number of nitrogens with zero attached hydrogens (tertiary/aromatic N) is 2. The smallest absolute Gasteiger partial charge is 0.412 e. The Kier molecular flexibility index (Phi) is 4.83. The van der Waals surface area contributed by atoms with Gasteiger partial charge < -0.3 is 9.47 Å². The molecule has 0 radical (unpaired) electrons. The predicted molar refractivity (Wildman–Crippen MR) is 88.6 cm³/mol. The lowest BCUT2D eigenvalue weighted by atomic mass is 10.1. The minimum absolute atomic E-state index is 0.511. The van der Waals surface area contributed by atoms with Crippen molar-refractivity contribution >= 4 is 11.8 Å². The average molecular weight is 315 g/mol. The first kappa shape index (κ1) is 16.7. The van der Waals surface area contributed by atoms with Crippen molar-refractivity contribution in [3.63, 3.8) is 0 Å². The van der Waals surface area contributed by atoms with E-state index in [0.717, 1.165) is 11.3 Å². The number of anilines is 1. The standard InChI is InChI=1S/C17H21N3O3/c1-11-9-19-14(10-18-11)12-7-6-8-13(15(12)22-5)20-16(21)23-17(2,3)4/h6-10H,1-5H3,(H,20,21). The van der Waals surface area contributed by atoms with E-state index >= 15 is 0 Å². The van der Waals surface area contributed by atoms with Crippen molar-refractivity contribution in [3.8, 4) is 17.0 Å². The number of nitrogens with one attached hydrogen (secondary N) is 1. The normalized spacial score (nSPS) is 11.0. The number of aryl methyl sites for hydroxylation is 1. The number of aromatic nitrogens is 2. The van der Waals surface area contributed by atoms with Crippen molar-refractivity contribution in [3.05, 3.63) is 36.3 Å². The summed E-state index contributed by atoms with van der Waals surface area (Å²) in [5.74, 6) is 0.511. The van der Waals surface area contributed by atoms with Crippen molar-refractivity contribution in [1.82, 2.24) is 9.97 Å². The zero-order valence-electron chi connectivity index (χ0n) is 14.0. The van der Waals surface area contributed by atoms with E-state index in [9.17, 15) is 4.79 Å². The minimum atomic E-state index is -0.572. The number of rotatable bonds is 3. The molecule has 6 nitrogen and oxygen atoms in total. The van der Waals surface area contributed by atoms with Gasteiger partial charge in [0.1, 0.15) is 5.60 Å². The number of carbonyl (C=O) groups is 1. The first-order chi connectivity index (χ1) is 10.8. The molecule has 0 fully saturated rings. The van der Waals surface area contributed by atoms with E-state index in [1.54, 1.807) is 25.6 Å². The summed E-state index contributed by atoms with van der Waals surface area (Å²) in [7, 11) is 1.54. The highest BCUT2D eigenvalue weighted by molar-refractivity contribution is 5.89. The summed E-state index contributed by atoms with van der Waals surface area (Å²) < 4.78 is 10.7. The Balaban J connectivity index is 2.33. The number of hydrogen-bond acceptors (Lipinski definition) is 5. The summed E-state index contributed by atoms with van der Waals surface area (Å²) in [5.41, 5.74) is 2.18. The van der Waals surface area contributed by atoms with Gasteiger partial charge in [-0.3, -0.25) is 15.3 Å². The lowest BCUT2D eigenvalue weighted by Gasteiger charge is -2.20. The molecule has 23 heavy (non-hydrogen) atoms. The molecule has 0 bridgehead atoms. The fourth-order valence-electron chi connectivity index (χ4n) is 2.00. The molecule has 1 aromatic heterocycles. The van der Waals surface area contributed by atoms with E-state index in [1.807, 2.05) is 39.8 Å². The van der Waals surface area contributed by atoms with Gasteiger partial charge in [0.05, 0.1) is 30.4 Å². The summed E-state index contributed by atoms with van der Waals surface area (Å²) in [6.45, 7) is 7.29. The summed E-state index contributed by atoms with van der Waals surface area (Å²) in [4.78, 5) is 20.6. The highest BCUT2D eigenvalue weighted by Gasteiger charge is 2.19. The van der Waals surface area contributed by atoms with Crippen LogP contribution in [-0.2, 0) is 4.74 Å². The van der Waals surface area contributed by atoms with Gasteiger partial charge in [-0.2, -0.15) is 0 Å². The molecule has 0 spiro atoms. The summed E-state index contributed by atoms with van der Waals surface area (Å²) in [5, 5.41) is 2.71. The largest absolute Gasteiger partial charge is 0.494 e. The number of carbonyl (C=O) groups excluding carboxylic acids is 1. The molecule has 0 unspecified atom stereocenters. The van der Waals surface area contributed by atoms with Crippen LogP contribution in [0.5, 0.6) is 5.75 Å². The zero-order chi connectivity index (χ0) is 17.0. The minimum Gasteiger partial charge on any atom is -0.494 e. The number of amides is 1. The van der Waals surface area contributed by atoms with E-state index < -0.39 is 11.7 Å². The molecule has 2 rings (SSSR count). The fourth-order valence-corrected chi connectivity index (χ4v) is 2.00. The van der Waals surface area contributed by atoms with Gasteiger partial charge in [-0.15, -0.1) is 0 Å². The molecule has 6 heteroatoms. The molecular formula is C17H21N3O3. The third-order valence-electron chi connectivity index (χ3n) is 2.91. The number of hydrogen-bond donors (Lipinski definition) is 1. The second kappa shape index (κ2) is 6.64. The van der Waals surface area contributed by atoms with Crippen LogP contribution >= 0.6 is 0 Å². The van der Waals surface area contributed by atoms with Gasteiger partial charge in [0.25, 0.3) is 0 Å². The topological polar surface area (TPSA) is 73.3 Å². The van der Waals surface area contributed by atoms with Crippen molar-refractivity contribution in [2.24, 2.45) is 0 Å². The van der Waals surface area contributed by atoms with Gasteiger partial charge in [-0.25, -0.2) is 4.79 Å². The zero-order valence-corrected chi connectivity index (χ0v) is 14.0. The van der Waals surface area contributed by atoms with Crippen molar-refractivity contribution < 1.29 is 14.3 Å². The maximum Gasteiger partial charge on any atom is 0.412 e. The number of para-hydroxylation sites is 1. The van der Waals surface area contributed by atoms with Crippen molar-refractivity contribution in [2.45, 2.75) is 33.3 Å². The van der Waals surface area contributed by atoms with E-state index in [2.05, 4.69) is 15.3 Å². The molecule has 1 heterocycles. The van der Waals surface area contributed by atoms with Crippen LogP contribution in [0.2, 0.25) is 0 Å². The maximum absolute atomic E-state index is 12.0. The Morgan fingerprint density at radius 2 is 1.91 bits per heavy atom. The second-order valence-corrected chi connectivity index (χ2v) is 6.06. The number of benzene rings is 1. The monoisotopic (exact) mass is 315 g/mol. The first-order valence-electron chi connectivity index (χ1n) is 7.26. The third kappa shape index (κ3) is 4.42. The molecule has 1 amide bonds. The number of ether oxygens (including phenoxy) is 2. The molecule has 1 N–H and O–H groups in total. The molecule has 1 aromatic carbocycles. The van der Waals surface area contributed by atoms with Crippen LogP contribution in [0, 0.1) is 6.92 Å². The van der Waals surface area contributed by atoms with Gasteiger partial charge in [0.15, 0.2) is 5.75 Å². The molecule has 122 valence electrons. The number of methoxy groups -OCH3 is 1. The predicted octanol–water partition coefficient (Wildman–Crippen LogP) is 3.81. The van der Waals surface area contributed by atoms with Gasteiger partial charge in [0.2, 0.25) is 0 Å². The van der Waals surface area contributed by atoms with Gasteiger partial charge in [-0.1, -0.05) is 6.07 Å². The first-order valence-corrected chi connectivity index (χ1v) is 7.26. The Labute approximate surface area is 135 Å². The van der Waals surface area contributed by atoms with Crippen molar-refractivity contribution in [1.29, 1.82) is 0 Å². The highest BCUT2D eigenvalue weighted by Crippen LogP contribution is 2.35. The molecule has 0 saturated heterocycles. The van der Waals surface area contributed by atoms with Gasteiger partial charge >= 0.3 is 6.09 Å². The summed E-state index contributed by atoms with van der Waals surface area (Å²) in [6, 6.07) is 5.42. The van der Waals surface area contributed by atoms with Crippen LogP contribution in [0.4, 0.5) is 10.5 Å². The molecule has 0 saturated carbocycles. The lowest BCUT2D eigenvalue weighted by Crippen LogP contribution is -2.27. The Bertz CT molecular complexity index is 691. The van der Waals surface area contributed by atoms with Gasteiger partial charge in [-0.05, 0) is 39.8 Å². The van der Waals surface area contributed by atoms with Gasteiger partial charge in [0, 0.05) is 11.8 Å². The SMILES string of the molecule is COc1c(NC(=O)OC(C)(C)C)cccc1-c1cnc(C)cn1. The lowest BCUT2D eigenvalue weighted by molar-refractivity contribution is 0.0635. The van der Waals surface area contributed by atoms with E-state index in [-0.39, 0.29) is 0 Å². The molecule has 0 aliphatic carbocycles. The Hall–Kier alpha value is -2.63. The maximum atomic E-state index is 12.0. The third-order valence-corrected chi connectivity index (χ3v) is 2.91. The summed E-state index contributed by atoms with van der Waals surface area (Å²) in [6.07, 6.45) is 2.82. The Morgan fingerprint density at radius 3 is 2.48 bits per heavy atom. The van der Waals surface area contributed by atoms with Crippen LogP contribution < -0.4 is 10.1 Å². The van der Waals surface area contributed by atoms with Crippen LogP contribution in [0.3, 0.4) is 0 Å². The summed E-state index contributed by atoms with van der Waals surface area (Å²) >= 11 is 0. The quantitative estimate of drug-likeness (QED) is 0.932. The molecule has 2 aromatic rings. The molecule has 0 atom stereocenters. The second-order valence-electron chi connectivity index (χ2n) is 6.06.